The lowest BCUT2D eigenvalue weighted by Gasteiger charge is -2.36. The fourth-order valence-electron chi connectivity index (χ4n) is 4.10. The van der Waals surface area contributed by atoms with E-state index >= 15 is 4.39 Å². The van der Waals surface area contributed by atoms with Crippen LogP contribution in [0.2, 0.25) is 5.02 Å². The number of nitrogens with one attached hydrogen (secondary N) is 2. The predicted molar refractivity (Wildman–Crippen MR) is 160 cm³/mol. The summed E-state index contributed by atoms with van der Waals surface area (Å²) in [5.41, 5.74) is 1.14. The fraction of sp³-hybridized carbons (Fsp3) is 0.370. The molecule has 0 saturated carbocycles. The molecule has 0 spiro atoms. The van der Waals surface area contributed by atoms with Gasteiger partial charge in [-0.25, -0.2) is 22.6 Å². The maximum Gasteiger partial charge on any atom is 0.410 e. The van der Waals surface area contributed by atoms with Gasteiger partial charge in [-0.2, -0.15) is 4.98 Å². The molecule has 0 aliphatic carbocycles. The molecule has 1 saturated heterocycles. The molecule has 2 N–H and O–H groups in total. The molecular formula is C27H33ClFN7O4S. The molecule has 1 aliphatic rings. The molecular weight excluding hydrogens is 573 g/mol. The highest BCUT2D eigenvalue weighted by atomic mass is 35.5. The number of hydrogen-bond donors (Lipinski definition) is 2. The summed E-state index contributed by atoms with van der Waals surface area (Å²) in [5, 5.41) is 6.25. The quantitative estimate of drug-likeness (QED) is 0.374. The van der Waals surface area contributed by atoms with Crippen molar-refractivity contribution in [3.05, 3.63) is 59.5 Å². The van der Waals surface area contributed by atoms with Crippen molar-refractivity contribution in [3.8, 4) is 0 Å². The Balaban J connectivity index is 1.45. The van der Waals surface area contributed by atoms with E-state index in [0.717, 1.165) is 10.6 Å². The lowest BCUT2D eigenvalue weighted by Crippen LogP contribution is -2.50. The van der Waals surface area contributed by atoms with Gasteiger partial charge in [0.2, 0.25) is 16.0 Å². The molecule has 0 unspecified atom stereocenters. The predicted octanol–water partition coefficient (Wildman–Crippen LogP) is 5.21. The topological polar surface area (TPSA) is 120 Å². The number of anilines is 6. The minimum absolute atomic E-state index is 0.156. The van der Waals surface area contributed by atoms with E-state index in [4.69, 9.17) is 16.3 Å². The van der Waals surface area contributed by atoms with Gasteiger partial charge in [0, 0.05) is 38.9 Å². The highest BCUT2D eigenvalue weighted by molar-refractivity contribution is 7.92. The van der Waals surface area contributed by atoms with Crippen molar-refractivity contribution >= 4 is 62.2 Å². The molecule has 0 bridgehead atoms. The summed E-state index contributed by atoms with van der Waals surface area (Å²) < 4.78 is 45.9. The molecule has 0 radical (unpaired) electrons. The summed E-state index contributed by atoms with van der Waals surface area (Å²) in [6, 6.07) is 11.5. The van der Waals surface area contributed by atoms with Crippen LogP contribution in [-0.2, 0) is 14.8 Å². The number of piperazine rings is 1. The summed E-state index contributed by atoms with van der Waals surface area (Å²) in [7, 11) is -2.06. The summed E-state index contributed by atoms with van der Waals surface area (Å²) in [6.07, 6.45) is 2.12. The van der Waals surface area contributed by atoms with Crippen LogP contribution in [0.1, 0.15) is 20.8 Å². The zero-order chi connectivity index (χ0) is 29.9. The Morgan fingerprint density at radius 1 is 1.10 bits per heavy atom. The van der Waals surface area contributed by atoms with Gasteiger partial charge in [-0.3, -0.25) is 4.31 Å². The largest absolute Gasteiger partial charge is 0.444 e. The average molecular weight is 606 g/mol. The molecule has 14 heteroatoms. The molecule has 1 amide bonds. The van der Waals surface area contributed by atoms with Crippen LogP contribution >= 0.6 is 11.6 Å². The molecule has 1 aliphatic heterocycles. The van der Waals surface area contributed by atoms with E-state index in [9.17, 15) is 13.2 Å². The number of benzene rings is 2. The van der Waals surface area contributed by atoms with E-state index in [0.29, 0.717) is 48.9 Å². The number of carbonyl (C=O) groups excluding carboxylic acids is 1. The highest BCUT2D eigenvalue weighted by Crippen LogP contribution is 2.32. The molecule has 11 nitrogen and oxygen atoms in total. The van der Waals surface area contributed by atoms with Crippen LogP contribution < -0.4 is 19.8 Å². The molecule has 2 heterocycles. The summed E-state index contributed by atoms with van der Waals surface area (Å²) >= 11 is 6.32. The molecule has 41 heavy (non-hydrogen) atoms. The van der Waals surface area contributed by atoms with E-state index in [2.05, 4.69) is 20.6 Å². The minimum Gasteiger partial charge on any atom is -0.444 e. The van der Waals surface area contributed by atoms with Gasteiger partial charge in [0.15, 0.2) is 5.82 Å². The van der Waals surface area contributed by atoms with Crippen molar-refractivity contribution in [1.29, 1.82) is 0 Å². The van der Waals surface area contributed by atoms with Gasteiger partial charge >= 0.3 is 6.09 Å². The van der Waals surface area contributed by atoms with Gasteiger partial charge < -0.3 is 25.2 Å². The third kappa shape index (κ3) is 7.67. The Morgan fingerprint density at radius 3 is 2.41 bits per heavy atom. The lowest BCUT2D eigenvalue weighted by atomic mass is 10.2. The van der Waals surface area contributed by atoms with E-state index in [1.54, 1.807) is 41.3 Å². The van der Waals surface area contributed by atoms with E-state index in [1.807, 2.05) is 25.7 Å². The second-order valence-electron chi connectivity index (χ2n) is 10.5. The zero-order valence-corrected chi connectivity index (χ0v) is 25.1. The van der Waals surface area contributed by atoms with Crippen LogP contribution in [-0.4, -0.2) is 74.5 Å². The van der Waals surface area contributed by atoms with Crippen molar-refractivity contribution < 1.29 is 22.3 Å². The molecule has 0 atom stereocenters. The van der Waals surface area contributed by atoms with Crippen molar-refractivity contribution in [2.75, 3.05) is 59.3 Å². The number of rotatable bonds is 7. The first kappa shape index (κ1) is 30.1. The third-order valence-corrected chi connectivity index (χ3v) is 7.68. The Morgan fingerprint density at radius 2 is 1.78 bits per heavy atom. The Kier molecular flexibility index (Phi) is 8.78. The smallest absolute Gasteiger partial charge is 0.410 e. The van der Waals surface area contributed by atoms with Gasteiger partial charge in [-0.05, 0) is 51.1 Å². The van der Waals surface area contributed by atoms with Gasteiger partial charge in [0.1, 0.15) is 16.4 Å². The average Bonchev–Trinajstić information content (AvgIpc) is 2.89. The third-order valence-electron chi connectivity index (χ3n) is 6.21. The van der Waals surface area contributed by atoms with Gasteiger partial charge in [-0.15, -0.1) is 0 Å². The van der Waals surface area contributed by atoms with Crippen LogP contribution in [0.4, 0.5) is 43.7 Å². The van der Waals surface area contributed by atoms with E-state index < -0.39 is 21.4 Å². The van der Waals surface area contributed by atoms with Crippen LogP contribution in [0, 0.1) is 5.82 Å². The maximum atomic E-state index is 15.1. The first-order valence-electron chi connectivity index (χ1n) is 12.8. The van der Waals surface area contributed by atoms with Gasteiger partial charge in [0.05, 0.1) is 29.5 Å². The molecule has 1 fully saturated rings. The number of halogens is 2. The van der Waals surface area contributed by atoms with Crippen molar-refractivity contribution in [2.24, 2.45) is 0 Å². The second-order valence-corrected chi connectivity index (χ2v) is 12.9. The first-order chi connectivity index (χ1) is 19.2. The number of sulfonamides is 1. The summed E-state index contributed by atoms with van der Waals surface area (Å²) in [6.45, 7) is 7.23. The molecule has 1 aromatic heterocycles. The highest BCUT2D eigenvalue weighted by Gasteiger charge is 2.27. The standard InChI is InChI=1S/C27H33ClFN7O4S/c1-27(2,3)40-26(37)36-14-12-35(13-15-36)22-11-10-18(16-20(22)29)31-25-30-17-19(28)24(33-25)32-21-8-6-7-9-23(21)34(4)41(5,38)39/h6-11,16-17H,12-15H2,1-5H3,(H2,30,31,32,33). The van der Waals surface area contributed by atoms with Crippen LogP contribution in [0.3, 0.4) is 0 Å². The lowest BCUT2D eigenvalue weighted by molar-refractivity contribution is 0.0240. The number of aromatic nitrogens is 2. The monoisotopic (exact) mass is 605 g/mol. The number of nitrogens with zero attached hydrogens (tertiary/aromatic N) is 5. The van der Waals surface area contributed by atoms with E-state index in [1.165, 1.54) is 19.3 Å². The molecule has 4 rings (SSSR count). The number of hydrogen-bond acceptors (Lipinski definition) is 9. The Labute approximate surface area is 244 Å². The Bertz CT molecular complexity index is 1530. The van der Waals surface area contributed by atoms with Crippen molar-refractivity contribution in [1.82, 2.24) is 14.9 Å². The Hall–Kier alpha value is -3.84. The first-order valence-corrected chi connectivity index (χ1v) is 15.1. The van der Waals surface area contributed by atoms with E-state index in [-0.39, 0.29) is 22.9 Å². The van der Waals surface area contributed by atoms with Gasteiger partial charge in [0.25, 0.3) is 0 Å². The number of amides is 1. The summed E-state index contributed by atoms with van der Waals surface area (Å²) in [4.78, 5) is 24.4. The van der Waals surface area contributed by atoms with Crippen molar-refractivity contribution in [3.63, 3.8) is 0 Å². The van der Waals surface area contributed by atoms with Crippen molar-refractivity contribution in [2.45, 2.75) is 26.4 Å². The molecule has 220 valence electrons. The number of para-hydroxylation sites is 2. The second kappa shape index (κ2) is 12.0. The number of ether oxygens (including phenoxy) is 1. The van der Waals surface area contributed by atoms with Crippen LogP contribution in [0.15, 0.2) is 48.7 Å². The van der Waals surface area contributed by atoms with Crippen LogP contribution in [0.25, 0.3) is 0 Å². The zero-order valence-electron chi connectivity index (χ0n) is 23.5. The number of carbonyl (C=O) groups is 1. The molecule has 2 aromatic carbocycles. The van der Waals surface area contributed by atoms with Crippen LogP contribution in [0.5, 0.6) is 0 Å². The normalized spacial score (nSPS) is 14.0. The van der Waals surface area contributed by atoms with Gasteiger partial charge in [-0.1, -0.05) is 23.7 Å². The maximum absolute atomic E-state index is 15.1. The summed E-state index contributed by atoms with van der Waals surface area (Å²) in [5.74, 6) is -0.0480. The SMILES string of the molecule is CN(c1ccccc1Nc1nc(Nc2ccc(N3CCN(C(=O)OC(C)(C)C)CC3)c(F)c2)ncc1Cl)S(C)(=O)=O. The minimum atomic E-state index is -3.51. The molecule has 3 aromatic rings. The fourth-order valence-corrected chi connectivity index (χ4v) is 4.76.